The minimum atomic E-state index is -0.440. The van der Waals surface area contributed by atoms with Gasteiger partial charge in [0.15, 0.2) is 0 Å². The van der Waals surface area contributed by atoms with Gasteiger partial charge in [-0.25, -0.2) is 4.79 Å². The van der Waals surface area contributed by atoms with E-state index in [-0.39, 0.29) is 24.6 Å². The molecule has 1 N–H and O–H groups in total. The molecule has 148 valence electrons. The Bertz CT molecular complexity index is 880. The first-order chi connectivity index (χ1) is 13.0. The predicted octanol–water partition coefficient (Wildman–Crippen LogP) is 2.91. The number of rotatable bonds is 10. The topological polar surface area (TPSA) is 73.1 Å². The number of carbonyl (C=O) groups excluding carboxylic acids is 1. The van der Waals surface area contributed by atoms with Crippen LogP contribution in [0.15, 0.2) is 33.9 Å². The number of hydrogen-bond donors (Lipinski definition) is 1. The maximum absolute atomic E-state index is 12.6. The van der Waals surface area contributed by atoms with Crippen molar-refractivity contribution in [2.24, 2.45) is 5.92 Å². The highest BCUT2D eigenvalue weighted by Crippen LogP contribution is 2.09. The first-order valence-corrected chi connectivity index (χ1v) is 9.94. The van der Waals surface area contributed by atoms with Gasteiger partial charge in [0, 0.05) is 13.1 Å². The fraction of sp³-hybridized carbons (Fsp3) is 0.571. The van der Waals surface area contributed by atoms with E-state index in [4.69, 9.17) is 0 Å². The minimum absolute atomic E-state index is 0.0764. The fourth-order valence-corrected chi connectivity index (χ4v) is 3.26. The van der Waals surface area contributed by atoms with Crippen molar-refractivity contribution < 1.29 is 4.79 Å². The van der Waals surface area contributed by atoms with Crippen LogP contribution in [0.1, 0.15) is 52.9 Å². The quantitative estimate of drug-likeness (QED) is 0.651. The molecule has 0 saturated carbocycles. The molecule has 0 fully saturated rings. The lowest BCUT2D eigenvalue weighted by molar-refractivity contribution is -0.121. The van der Waals surface area contributed by atoms with Crippen LogP contribution in [-0.2, 0) is 17.9 Å². The number of aromatic nitrogens is 2. The molecule has 0 spiro atoms. The smallest absolute Gasteiger partial charge is 0.331 e. The molecular weight excluding hydrogens is 342 g/mol. The second kappa shape index (κ2) is 10.1. The molecule has 0 aliphatic heterocycles. The standard InChI is InChI=1S/C21H31N3O3/c1-4-23-20(26)17-12-8-9-13-18(17)24(21(23)27)15-19(25)22-14-10-6-5-7-11-16(2)3/h8-9,12-13,16H,4-7,10-11,14-15H2,1-3H3,(H,22,25). The molecular formula is C21H31N3O3. The van der Waals surface area contributed by atoms with Crippen LogP contribution in [0.4, 0.5) is 0 Å². The summed E-state index contributed by atoms with van der Waals surface area (Å²) >= 11 is 0. The third-order valence-electron chi connectivity index (χ3n) is 4.78. The number of carbonyl (C=O) groups is 1. The second-order valence-electron chi connectivity index (χ2n) is 7.38. The molecule has 0 aliphatic carbocycles. The maximum Gasteiger partial charge on any atom is 0.331 e. The third kappa shape index (κ3) is 5.55. The average Bonchev–Trinajstić information content (AvgIpc) is 2.64. The molecule has 1 amide bonds. The van der Waals surface area contributed by atoms with E-state index in [0.717, 1.165) is 18.8 Å². The van der Waals surface area contributed by atoms with Gasteiger partial charge in [0.2, 0.25) is 5.91 Å². The zero-order chi connectivity index (χ0) is 19.8. The van der Waals surface area contributed by atoms with Gasteiger partial charge in [-0.15, -0.1) is 0 Å². The van der Waals surface area contributed by atoms with E-state index in [2.05, 4.69) is 19.2 Å². The van der Waals surface area contributed by atoms with Gasteiger partial charge < -0.3 is 5.32 Å². The van der Waals surface area contributed by atoms with Crippen molar-refractivity contribution in [3.63, 3.8) is 0 Å². The van der Waals surface area contributed by atoms with E-state index in [1.165, 1.54) is 28.4 Å². The lowest BCUT2D eigenvalue weighted by atomic mass is 10.0. The van der Waals surface area contributed by atoms with Crippen LogP contribution in [-0.4, -0.2) is 21.6 Å². The average molecular weight is 373 g/mol. The third-order valence-corrected chi connectivity index (χ3v) is 4.78. The minimum Gasteiger partial charge on any atom is -0.355 e. The second-order valence-corrected chi connectivity index (χ2v) is 7.38. The Balaban J connectivity index is 1.99. The summed E-state index contributed by atoms with van der Waals surface area (Å²) in [5, 5.41) is 3.34. The van der Waals surface area contributed by atoms with Crippen molar-refractivity contribution in [3.05, 3.63) is 45.1 Å². The monoisotopic (exact) mass is 373 g/mol. The Morgan fingerprint density at radius 3 is 2.44 bits per heavy atom. The largest absolute Gasteiger partial charge is 0.355 e. The molecule has 0 aliphatic rings. The Hall–Kier alpha value is -2.37. The number of nitrogens with one attached hydrogen (secondary N) is 1. The van der Waals surface area contributed by atoms with Crippen molar-refractivity contribution in [2.75, 3.05) is 6.54 Å². The van der Waals surface area contributed by atoms with Crippen LogP contribution >= 0.6 is 0 Å². The van der Waals surface area contributed by atoms with E-state index in [1.54, 1.807) is 31.2 Å². The molecule has 0 bridgehead atoms. The van der Waals surface area contributed by atoms with Crippen LogP contribution in [0.25, 0.3) is 10.9 Å². The summed E-state index contributed by atoms with van der Waals surface area (Å²) < 4.78 is 2.56. The molecule has 0 unspecified atom stereocenters. The van der Waals surface area contributed by atoms with Gasteiger partial charge in [-0.2, -0.15) is 0 Å². The highest BCUT2D eigenvalue weighted by Gasteiger charge is 2.14. The number of benzene rings is 1. The Labute approximate surface area is 160 Å². The predicted molar refractivity (Wildman–Crippen MR) is 109 cm³/mol. The molecule has 0 atom stereocenters. The summed E-state index contributed by atoms with van der Waals surface area (Å²) in [6.45, 7) is 7.02. The van der Waals surface area contributed by atoms with Gasteiger partial charge in [-0.05, 0) is 31.4 Å². The van der Waals surface area contributed by atoms with Crippen LogP contribution in [0.2, 0.25) is 0 Å². The summed E-state index contributed by atoms with van der Waals surface area (Å²) in [4.78, 5) is 37.3. The van der Waals surface area contributed by atoms with Crippen molar-refractivity contribution in [1.82, 2.24) is 14.5 Å². The molecule has 2 rings (SSSR count). The molecule has 6 heteroatoms. The van der Waals surface area contributed by atoms with Crippen molar-refractivity contribution in [3.8, 4) is 0 Å². The summed E-state index contributed by atoms with van der Waals surface area (Å²) in [7, 11) is 0. The molecule has 0 radical (unpaired) electrons. The number of hydrogen-bond acceptors (Lipinski definition) is 3. The Morgan fingerprint density at radius 2 is 1.74 bits per heavy atom. The molecule has 2 aromatic rings. The first-order valence-electron chi connectivity index (χ1n) is 9.94. The van der Waals surface area contributed by atoms with Gasteiger partial charge >= 0.3 is 5.69 Å². The molecule has 1 aromatic carbocycles. The van der Waals surface area contributed by atoms with Gasteiger partial charge in [-0.1, -0.05) is 51.7 Å². The highest BCUT2D eigenvalue weighted by molar-refractivity contribution is 5.81. The number of nitrogens with zero attached hydrogens (tertiary/aromatic N) is 2. The SMILES string of the molecule is CCn1c(=O)c2ccccc2n(CC(=O)NCCCCCCC(C)C)c1=O. The number of unbranched alkanes of at least 4 members (excludes halogenated alkanes) is 3. The fourth-order valence-electron chi connectivity index (χ4n) is 3.26. The molecule has 27 heavy (non-hydrogen) atoms. The zero-order valence-electron chi connectivity index (χ0n) is 16.7. The van der Waals surface area contributed by atoms with Crippen LogP contribution in [0.5, 0.6) is 0 Å². The summed E-state index contributed by atoms with van der Waals surface area (Å²) in [5.74, 6) is 0.537. The number of fused-ring (bicyclic) bond motifs is 1. The van der Waals surface area contributed by atoms with E-state index >= 15 is 0 Å². The summed E-state index contributed by atoms with van der Waals surface area (Å²) in [6.07, 6.45) is 5.69. The molecule has 1 heterocycles. The van der Waals surface area contributed by atoms with Crippen molar-refractivity contribution in [2.45, 2.75) is 66.0 Å². The van der Waals surface area contributed by atoms with Crippen molar-refractivity contribution >= 4 is 16.8 Å². The van der Waals surface area contributed by atoms with Crippen LogP contribution in [0, 0.1) is 5.92 Å². The number of para-hydroxylation sites is 1. The van der Waals surface area contributed by atoms with Gasteiger partial charge in [0.25, 0.3) is 5.56 Å². The normalized spacial score (nSPS) is 11.3. The Kier molecular flexibility index (Phi) is 7.82. The summed E-state index contributed by atoms with van der Waals surface area (Å²) in [6, 6.07) is 6.93. The van der Waals surface area contributed by atoms with Gasteiger partial charge in [0.05, 0.1) is 10.9 Å². The van der Waals surface area contributed by atoms with Crippen LogP contribution in [0.3, 0.4) is 0 Å². The van der Waals surface area contributed by atoms with Crippen molar-refractivity contribution in [1.29, 1.82) is 0 Å². The highest BCUT2D eigenvalue weighted by atomic mass is 16.2. The van der Waals surface area contributed by atoms with E-state index in [0.29, 0.717) is 17.4 Å². The molecule has 6 nitrogen and oxygen atoms in total. The van der Waals surface area contributed by atoms with Crippen LogP contribution < -0.4 is 16.6 Å². The van der Waals surface area contributed by atoms with Gasteiger partial charge in [0.1, 0.15) is 6.54 Å². The number of amides is 1. The molecule has 1 aromatic heterocycles. The zero-order valence-corrected chi connectivity index (χ0v) is 16.7. The van der Waals surface area contributed by atoms with Gasteiger partial charge in [-0.3, -0.25) is 18.7 Å². The summed E-state index contributed by atoms with van der Waals surface area (Å²) in [5.41, 5.74) is -0.248. The lowest BCUT2D eigenvalue weighted by Gasteiger charge is -2.13. The maximum atomic E-state index is 12.6. The Morgan fingerprint density at radius 1 is 1.04 bits per heavy atom. The lowest BCUT2D eigenvalue weighted by Crippen LogP contribution is -2.42. The van der Waals surface area contributed by atoms with E-state index in [1.807, 2.05) is 0 Å². The molecule has 0 saturated heterocycles. The van der Waals surface area contributed by atoms with E-state index in [9.17, 15) is 14.4 Å². The van der Waals surface area contributed by atoms with E-state index < -0.39 is 5.69 Å². The first kappa shape index (κ1) is 20.9.